The van der Waals surface area contributed by atoms with Gasteiger partial charge in [0.15, 0.2) is 0 Å². The first kappa shape index (κ1) is 14.5. The molecule has 17 heavy (non-hydrogen) atoms. The Morgan fingerprint density at radius 3 is 2.65 bits per heavy atom. The highest BCUT2D eigenvalue weighted by atomic mass is 35.5. The molecule has 1 nitrogen and oxygen atoms in total. The maximum absolute atomic E-state index is 6.03. The first-order valence-electron chi connectivity index (χ1n) is 6.65. The van der Waals surface area contributed by atoms with Crippen molar-refractivity contribution in [3.05, 3.63) is 34.9 Å². The summed E-state index contributed by atoms with van der Waals surface area (Å²) in [6.07, 6.45) is 3.59. The third-order valence-corrected chi connectivity index (χ3v) is 3.48. The van der Waals surface area contributed by atoms with Crippen LogP contribution in [0.2, 0.25) is 5.02 Å². The SMILES string of the molecule is CCCC(C)C(Cc1cccc(Cl)c1)NCC. The predicted octanol–water partition coefficient (Wildman–Crippen LogP) is 4.30. The standard InChI is InChI=1S/C15H24ClN/c1-4-7-12(3)15(17-5-2)11-13-8-6-9-14(16)10-13/h6,8-10,12,15,17H,4-5,7,11H2,1-3H3. The quantitative estimate of drug-likeness (QED) is 0.764. The van der Waals surface area contributed by atoms with E-state index in [4.69, 9.17) is 11.6 Å². The normalized spacial score (nSPS) is 14.6. The van der Waals surface area contributed by atoms with E-state index < -0.39 is 0 Å². The molecular formula is C15H24ClN. The lowest BCUT2D eigenvalue weighted by atomic mass is 9.91. The Labute approximate surface area is 111 Å². The molecular weight excluding hydrogens is 230 g/mol. The number of hydrogen-bond donors (Lipinski definition) is 1. The Kier molecular flexibility index (Phi) is 6.61. The van der Waals surface area contributed by atoms with E-state index in [0.29, 0.717) is 12.0 Å². The van der Waals surface area contributed by atoms with Crippen LogP contribution < -0.4 is 5.32 Å². The molecule has 0 aliphatic heterocycles. The van der Waals surface area contributed by atoms with Gasteiger partial charge in [-0.1, -0.05) is 50.9 Å². The fourth-order valence-corrected chi connectivity index (χ4v) is 2.52. The number of halogens is 1. The maximum atomic E-state index is 6.03. The summed E-state index contributed by atoms with van der Waals surface area (Å²) in [6, 6.07) is 8.76. The monoisotopic (exact) mass is 253 g/mol. The van der Waals surface area contributed by atoms with Crippen molar-refractivity contribution >= 4 is 11.6 Å². The van der Waals surface area contributed by atoms with Gasteiger partial charge in [-0.05, 0) is 43.0 Å². The average molecular weight is 254 g/mol. The molecule has 1 aromatic rings. The van der Waals surface area contributed by atoms with Gasteiger partial charge in [-0.3, -0.25) is 0 Å². The van der Waals surface area contributed by atoms with Crippen LogP contribution in [0.4, 0.5) is 0 Å². The van der Waals surface area contributed by atoms with Gasteiger partial charge >= 0.3 is 0 Å². The number of likely N-dealkylation sites (N-methyl/N-ethyl adjacent to an activating group) is 1. The van der Waals surface area contributed by atoms with Gasteiger partial charge in [0.05, 0.1) is 0 Å². The lowest BCUT2D eigenvalue weighted by molar-refractivity contribution is 0.358. The van der Waals surface area contributed by atoms with Crippen molar-refractivity contribution < 1.29 is 0 Å². The van der Waals surface area contributed by atoms with E-state index in [1.54, 1.807) is 0 Å². The molecule has 1 rings (SSSR count). The van der Waals surface area contributed by atoms with Crippen molar-refractivity contribution in [2.75, 3.05) is 6.54 Å². The van der Waals surface area contributed by atoms with Crippen LogP contribution in [0.5, 0.6) is 0 Å². The minimum absolute atomic E-state index is 0.554. The third-order valence-electron chi connectivity index (χ3n) is 3.24. The second-order valence-corrected chi connectivity index (χ2v) is 5.20. The second kappa shape index (κ2) is 7.73. The Hall–Kier alpha value is -0.530. The summed E-state index contributed by atoms with van der Waals surface area (Å²) in [5, 5.41) is 4.43. The number of rotatable bonds is 7. The summed E-state index contributed by atoms with van der Waals surface area (Å²) in [5.74, 6) is 0.707. The molecule has 0 amide bonds. The fourth-order valence-electron chi connectivity index (χ4n) is 2.31. The zero-order valence-electron chi connectivity index (χ0n) is 11.2. The molecule has 1 aromatic carbocycles. The van der Waals surface area contributed by atoms with Crippen molar-refractivity contribution in [1.29, 1.82) is 0 Å². The van der Waals surface area contributed by atoms with E-state index in [1.807, 2.05) is 12.1 Å². The summed E-state index contributed by atoms with van der Waals surface area (Å²) >= 11 is 6.03. The average Bonchev–Trinajstić information content (AvgIpc) is 2.29. The van der Waals surface area contributed by atoms with E-state index >= 15 is 0 Å². The molecule has 0 aliphatic carbocycles. The molecule has 0 saturated carbocycles. The van der Waals surface area contributed by atoms with Gasteiger partial charge in [0.2, 0.25) is 0 Å². The van der Waals surface area contributed by atoms with E-state index in [9.17, 15) is 0 Å². The molecule has 0 spiro atoms. The highest BCUT2D eigenvalue weighted by Crippen LogP contribution is 2.18. The van der Waals surface area contributed by atoms with Gasteiger partial charge in [-0.15, -0.1) is 0 Å². The minimum Gasteiger partial charge on any atom is -0.314 e. The molecule has 0 heterocycles. The largest absolute Gasteiger partial charge is 0.314 e. The van der Waals surface area contributed by atoms with Crippen molar-refractivity contribution in [3.8, 4) is 0 Å². The van der Waals surface area contributed by atoms with E-state index in [2.05, 4.69) is 38.2 Å². The van der Waals surface area contributed by atoms with Crippen molar-refractivity contribution in [3.63, 3.8) is 0 Å². The van der Waals surface area contributed by atoms with Crippen LogP contribution in [-0.4, -0.2) is 12.6 Å². The Morgan fingerprint density at radius 2 is 2.06 bits per heavy atom. The highest BCUT2D eigenvalue weighted by molar-refractivity contribution is 6.30. The van der Waals surface area contributed by atoms with Crippen LogP contribution >= 0.6 is 11.6 Å². The summed E-state index contributed by atoms with van der Waals surface area (Å²) in [5.41, 5.74) is 1.33. The molecule has 0 bridgehead atoms. The summed E-state index contributed by atoms with van der Waals surface area (Å²) in [7, 11) is 0. The third kappa shape index (κ3) is 5.10. The molecule has 0 aliphatic rings. The van der Waals surface area contributed by atoms with Gasteiger partial charge in [0.25, 0.3) is 0 Å². The van der Waals surface area contributed by atoms with Crippen LogP contribution in [0.1, 0.15) is 39.2 Å². The van der Waals surface area contributed by atoms with Gasteiger partial charge < -0.3 is 5.32 Å². The van der Waals surface area contributed by atoms with Gasteiger partial charge in [0, 0.05) is 11.1 Å². The maximum Gasteiger partial charge on any atom is 0.0408 e. The first-order chi connectivity index (χ1) is 8.17. The lowest BCUT2D eigenvalue weighted by Gasteiger charge is -2.24. The second-order valence-electron chi connectivity index (χ2n) is 4.76. The number of benzene rings is 1. The minimum atomic E-state index is 0.554. The molecule has 0 fully saturated rings. The van der Waals surface area contributed by atoms with E-state index in [1.165, 1.54) is 18.4 Å². The van der Waals surface area contributed by atoms with Crippen LogP contribution in [0.25, 0.3) is 0 Å². The number of hydrogen-bond acceptors (Lipinski definition) is 1. The van der Waals surface area contributed by atoms with Crippen molar-refractivity contribution in [2.24, 2.45) is 5.92 Å². The molecule has 0 aromatic heterocycles. The summed E-state index contributed by atoms with van der Waals surface area (Å²) in [6.45, 7) is 7.78. The molecule has 2 unspecified atom stereocenters. The Bertz CT molecular complexity index is 324. The van der Waals surface area contributed by atoms with Crippen molar-refractivity contribution in [1.82, 2.24) is 5.32 Å². The van der Waals surface area contributed by atoms with Gasteiger partial charge in [-0.25, -0.2) is 0 Å². The first-order valence-corrected chi connectivity index (χ1v) is 7.03. The van der Waals surface area contributed by atoms with Crippen LogP contribution in [0.3, 0.4) is 0 Å². The highest BCUT2D eigenvalue weighted by Gasteiger charge is 2.15. The zero-order chi connectivity index (χ0) is 12.7. The van der Waals surface area contributed by atoms with Crippen LogP contribution in [0, 0.1) is 5.92 Å². The molecule has 1 N–H and O–H groups in total. The summed E-state index contributed by atoms with van der Waals surface area (Å²) < 4.78 is 0. The Morgan fingerprint density at radius 1 is 1.29 bits per heavy atom. The van der Waals surface area contributed by atoms with Gasteiger partial charge in [0.1, 0.15) is 0 Å². The fraction of sp³-hybridized carbons (Fsp3) is 0.600. The summed E-state index contributed by atoms with van der Waals surface area (Å²) in [4.78, 5) is 0. The van der Waals surface area contributed by atoms with E-state index in [-0.39, 0.29) is 0 Å². The lowest BCUT2D eigenvalue weighted by Crippen LogP contribution is -2.36. The van der Waals surface area contributed by atoms with Crippen LogP contribution in [-0.2, 0) is 6.42 Å². The zero-order valence-corrected chi connectivity index (χ0v) is 11.9. The van der Waals surface area contributed by atoms with Crippen LogP contribution in [0.15, 0.2) is 24.3 Å². The molecule has 0 radical (unpaired) electrons. The molecule has 2 heteroatoms. The molecule has 96 valence electrons. The van der Waals surface area contributed by atoms with Crippen molar-refractivity contribution in [2.45, 2.75) is 46.1 Å². The van der Waals surface area contributed by atoms with Gasteiger partial charge in [-0.2, -0.15) is 0 Å². The predicted molar refractivity (Wildman–Crippen MR) is 76.7 cm³/mol. The Balaban J connectivity index is 2.65. The van der Waals surface area contributed by atoms with E-state index in [0.717, 1.165) is 18.0 Å². The topological polar surface area (TPSA) is 12.0 Å². The smallest absolute Gasteiger partial charge is 0.0408 e. The molecule has 0 saturated heterocycles. The molecule has 2 atom stereocenters. The number of nitrogens with one attached hydrogen (secondary N) is 1.